The fourth-order valence-corrected chi connectivity index (χ4v) is 2.11. The highest BCUT2D eigenvalue weighted by molar-refractivity contribution is 6.30. The summed E-state index contributed by atoms with van der Waals surface area (Å²) in [5, 5.41) is 19.1. The predicted octanol–water partition coefficient (Wildman–Crippen LogP) is 3.16. The van der Waals surface area contributed by atoms with E-state index in [9.17, 15) is 10.1 Å². The van der Waals surface area contributed by atoms with E-state index in [1.165, 1.54) is 4.68 Å². The van der Waals surface area contributed by atoms with Gasteiger partial charge < -0.3 is 5.32 Å². The van der Waals surface area contributed by atoms with Crippen LogP contribution in [0.5, 0.6) is 0 Å². The third-order valence-corrected chi connectivity index (χ3v) is 3.23. The third-order valence-electron chi connectivity index (χ3n) is 2.98. The molecule has 1 aromatic carbocycles. The molecule has 0 saturated carbocycles. The summed E-state index contributed by atoms with van der Waals surface area (Å²) in [6.45, 7) is 2.32. The molecule has 0 atom stereocenters. The van der Waals surface area contributed by atoms with Crippen LogP contribution in [-0.4, -0.2) is 14.7 Å². The zero-order chi connectivity index (χ0) is 14.7. The molecule has 0 radical (unpaired) electrons. The van der Waals surface area contributed by atoms with Gasteiger partial charge in [0.1, 0.15) is 5.69 Å². The van der Waals surface area contributed by atoms with Crippen molar-refractivity contribution in [1.82, 2.24) is 9.78 Å². The second-order valence-corrected chi connectivity index (χ2v) is 4.79. The number of anilines is 1. The lowest BCUT2D eigenvalue weighted by Crippen LogP contribution is -2.06. The van der Waals surface area contributed by atoms with E-state index in [0.29, 0.717) is 29.5 Å². The normalized spacial score (nSPS) is 10.6. The monoisotopic (exact) mass is 294 g/mol. The van der Waals surface area contributed by atoms with E-state index in [1.54, 1.807) is 19.2 Å². The largest absolute Gasteiger partial charge is 0.360 e. The molecule has 0 fully saturated rings. The first-order valence-corrected chi connectivity index (χ1v) is 6.59. The van der Waals surface area contributed by atoms with Crippen LogP contribution in [0.1, 0.15) is 18.2 Å². The number of aryl methyl sites for hydroxylation is 2. The number of halogens is 1. The average molecular weight is 295 g/mol. The van der Waals surface area contributed by atoms with Crippen molar-refractivity contribution in [2.24, 2.45) is 7.05 Å². The molecular weight excluding hydrogens is 280 g/mol. The Bertz CT molecular complexity index is 622. The number of hydrogen-bond acceptors (Lipinski definition) is 4. The van der Waals surface area contributed by atoms with Gasteiger partial charge in [0.2, 0.25) is 5.82 Å². The van der Waals surface area contributed by atoms with Gasteiger partial charge in [-0.1, -0.05) is 30.7 Å². The summed E-state index contributed by atoms with van der Waals surface area (Å²) in [6.07, 6.45) is 0.521. The molecule has 0 spiro atoms. The zero-order valence-electron chi connectivity index (χ0n) is 11.3. The minimum atomic E-state index is -0.393. The predicted molar refractivity (Wildman–Crippen MR) is 78.0 cm³/mol. The van der Waals surface area contributed by atoms with Crippen LogP contribution in [0.3, 0.4) is 0 Å². The Morgan fingerprint density at radius 3 is 2.60 bits per heavy atom. The first-order valence-electron chi connectivity index (χ1n) is 6.21. The molecule has 7 heteroatoms. The smallest absolute Gasteiger partial charge is 0.333 e. The Morgan fingerprint density at radius 2 is 2.05 bits per heavy atom. The molecule has 0 aliphatic heterocycles. The number of benzene rings is 1. The lowest BCUT2D eigenvalue weighted by molar-refractivity contribution is -0.384. The Kier molecular flexibility index (Phi) is 4.24. The zero-order valence-corrected chi connectivity index (χ0v) is 12.0. The maximum Gasteiger partial charge on any atom is 0.333 e. The quantitative estimate of drug-likeness (QED) is 0.679. The summed E-state index contributed by atoms with van der Waals surface area (Å²) in [6, 6.07) is 7.32. The second kappa shape index (κ2) is 5.92. The van der Waals surface area contributed by atoms with Gasteiger partial charge in [-0.05, 0) is 24.1 Å². The minimum absolute atomic E-state index is 0.0453. The van der Waals surface area contributed by atoms with E-state index < -0.39 is 4.92 Å². The first-order chi connectivity index (χ1) is 9.52. The standard InChI is InChI=1S/C13H15ClN4O2/c1-3-11-12(18(19)20)13(17(2)16-11)15-8-9-4-6-10(14)7-5-9/h4-7,15H,3,8H2,1-2H3. The summed E-state index contributed by atoms with van der Waals surface area (Å²) in [5.41, 5.74) is 1.52. The molecule has 1 N–H and O–H groups in total. The van der Waals surface area contributed by atoms with Crippen LogP contribution in [0.25, 0.3) is 0 Å². The molecule has 0 aliphatic rings. The van der Waals surface area contributed by atoms with Crippen LogP contribution < -0.4 is 5.32 Å². The highest BCUT2D eigenvalue weighted by Crippen LogP contribution is 2.28. The van der Waals surface area contributed by atoms with Crippen molar-refractivity contribution in [3.05, 3.63) is 50.7 Å². The Labute approximate surface area is 121 Å². The van der Waals surface area contributed by atoms with Crippen molar-refractivity contribution in [1.29, 1.82) is 0 Å². The summed E-state index contributed by atoms with van der Waals surface area (Å²) < 4.78 is 1.51. The molecule has 106 valence electrons. The number of nitrogens with zero attached hydrogens (tertiary/aromatic N) is 3. The molecule has 0 amide bonds. The highest BCUT2D eigenvalue weighted by atomic mass is 35.5. The number of rotatable bonds is 5. The molecule has 2 rings (SSSR count). The van der Waals surface area contributed by atoms with Crippen molar-refractivity contribution < 1.29 is 4.92 Å². The first kappa shape index (κ1) is 14.3. The lowest BCUT2D eigenvalue weighted by Gasteiger charge is -2.06. The van der Waals surface area contributed by atoms with Gasteiger partial charge in [-0.25, -0.2) is 4.68 Å². The topological polar surface area (TPSA) is 73.0 Å². The maximum absolute atomic E-state index is 11.2. The van der Waals surface area contributed by atoms with Crippen LogP contribution in [0, 0.1) is 10.1 Å². The van der Waals surface area contributed by atoms with E-state index in [0.717, 1.165) is 5.56 Å². The summed E-state index contributed by atoms with van der Waals surface area (Å²) in [5.74, 6) is 0.418. The number of nitrogens with one attached hydrogen (secondary N) is 1. The molecule has 1 heterocycles. The van der Waals surface area contributed by atoms with Gasteiger partial charge in [0.05, 0.1) is 4.92 Å². The van der Waals surface area contributed by atoms with E-state index in [4.69, 9.17) is 11.6 Å². The minimum Gasteiger partial charge on any atom is -0.360 e. The number of hydrogen-bond donors (Lipinski definition) is 1. The van der Waals surface area contributed by atoms with Crippen LogP contribution in [-0.2, 0) is 20.0 Å². The third kappa shape index (κ3) is 2.91. The van der Waals surface area contributed by atoms with Gasteiger partial charge in [0, 0.05) is 18.6 Å². The SMILES string of the molecule is CCc1nn(C)c(NCc2ccc(Cl)cc2)c1[N+](=O)[O-]. The van der Waals surface area contributed by atoms with Crippen molar-refractivity contribution in [3.63, 3.8) is 0 Å². The molecule has 0 unspecified atom stereocenters. The van der Waals surface area contributed by atoms with Crippen molar-refractivity contribution in [3.8, 4) is 0 Å². The van der Waals surface area contributed by atoms with E-state index in [1.807, 2.05) is 19.1 Å². The van der Waals surface area contributed by atoms with Crippen molar-refractivity contribution in [2.75, 3.05) is 5.32 Å². The van der Waals surface area contributed by atoms with E-state index >= 15 is 0 Å². The second-order valence-electron chi connectivity index (χ2n) is 4.36. The van der Waals surface area contributed by atoms with Gasteiger partial charge >= 0.3 is 5.69 Å². The van der Waals surface area contributed by atoms with Crippen molar-refractivity contribution in [2.45, 2.75) is 19.9 Å². The average Bonchev–Trinajstić information content (AvgIpc) is 2.74. The number of aromatic nitrogens is 2. The van der Waals surface area contributed by atoms with Gasteiger partial charge in [-0.3, -0.25) is 10.1 Å². The fraction of sp³-hybridized carbons (Fsp3) is 0.308. The molecule has 20 heavy (non-hydrogen) atoms. The Balaban J connectivity index is 2.22. The Morgan fingerprint density at radius 1 is 1.40 bits per heavy atom. The molecule has 0 bridgehead atoms. The van der Waals surface area contributed by atoms with Gasteiger partial charge in [-0.2, -0.15) is 5.10 Å². The molecule has 0 saturated heterocycles. The van der Waals surface area contributed by atoms with Gasteiger partial charge in [0.25, 0.3) is 0 Å². The molecule has 0 aliphatic carbocycles. The highest BCUT2D eigenvalue weighted by Gasteiger charge is 2.25. The van der Waals surface area contributed by atoms with Gasteiger partial charge in [0.15, 0.2) is 0 Å². The van der Waals surface area contributed by atoms with E-state index in [2.05, 4.69) is 10.4 Å². The van der Waals surface area contributed by atoms with E-state index in [-0.39, 0.29) is 5.69 Å². The molecular formula is C13H15ClN4O2. The number of nitro groups is 1. The van der Waals surface area contributed by atoms with Crippen LogP contribution in [0.4, 0.5) is 11.5 Å². The Hall–Kier alpha value is -2.08. The molecule has 2 aromatic rings. The maximum atomic E-state index is 11.2. The van der Waals surface area contributed by atoms with Crippen molar-refractivity contribution >= 4 is 23.1 Å². The van der Waals surface area contributed by atoms with Crippen LogP contribution in [0.2, 0.25) is 5.02 Å². The summed E-state index contributed by atoms with van der Waals surface area (Å²) in [4.78, 5) is 10.8. The lowest BCUT2D eigenvalue weighted by atomic mass is 10.2. The summed E-state index contributed by atoms with van der Waals surface area (Å²) >= 11 is 5.82. The molecule has 1 aromatic heterocycles. The fourth-order valence-electron chi connectivity index (χ4n) is 1.98. The summed E-state index contributed by atoms with van der Waals surface area (Å²) in [7, 11) is 1.69. The van der Waals surface area contributed by atoms with Crippen LogP contribution in [0.15, 0.2) is 24.3 Å². The van der Waals surface area contributed by atoms with Crippen LogP contribution >= 0.6 is 11.6 Å². The molecule has 6 nitrogen and oxygen atoms in total. The van der Waals surface area contributed by atoms with Gasteiger partial charge in [-0.15, -0.1) is 0 Å².